The lowest BCUT2D eigenvalue weighted by molar-refractivity contribution is -0.396. The molecule has 3 fully saturated rings. The molecule has 0 aromatic carbocycles. The Morgan fingerprint density at radius 1 is 0.750 bits per heavy atom. The Morgan fingerprint density at radius 3 is 1.91 bits per heavy atom. The van der Waals surface area contributed by atoms with Gasteiger partial charge in [-0.2, -0.15) is 0 Å². The lowest BCUT2D eigenvalue weighted by atomic mass is 9.99. The average molecular weight is 474 g/mol. The summed E-state index contributed by atoms with van der Waals surface area (Å²) < 4.78 is 26.8. The summed E-state index contributed by atoms with van der Waals surface area (Å²) in [5.74, 6) is -4.57. The van der Waals surface area contributed by atoms with Gasteiger partial charge in [-0.05, 0) is 0 Å². The second-order valence-electron chi connectivity index (χ2n) is 7.98. The Kier molecular flexibility index (Phi) is 8.08. The first-order valence-corrected chi connectivity index (χ1v) is 9.94. The molecule has 15 nitrogen and oxygen atoms in total. The van der Waals surface area contributed by atoms with E-state index < -0.39 is 106 Å². The van der Waals surface area contributed by atoms with Gasteiger partial charge in [0.15, 0.2) is 6.29 Å². The predicted molar refractivity (Wildman–Crippen MR) is 95.3 cm³/mol. The van der Waals surface area contributed by atoms with Crippen molar-refractivity contribution < 1.29 is 74.7 Å². The molecule has 0 aromatic heterocycles. The Balaban J connectivity index is 1.81. The molecule has 7 unspecified atom stereocenters. The van der Waals surface area contributed by atoms with Crippen LogP contribution in [0, 0.1) is 0 Å². The molecule has 0 spiro atoms. The van der Waals surface area contributed by atoms with E-state index in [1.165, 1.54) is 0 Å². The maximum absolute atomic E-state index is 10.5. The lowest BCUT2D eigenvalue weighted by Crippen LogP contribution is -2.63. The lowest BCUT2D eigenvalue weighted by Gasteiger charge is -2.44. The number of hydrogen-bond donors (Lipinski definition) is 10. The first-order chi connectivity index (χ1) is 15.1. The van der Waals surface area contributed by atoms with Crippen LogP contribution in [-0.2, 0) is 23.7 Å². The monoisotopic (exact) mass is 474 g/mol. The summed E-state index contributed by atoms with van der Waals surface area (Å²) in [5, 5.41) is 99.1. The first kappa shape index (κ1) is 26.0. The minimum Gasteiger partial charge on any atom is -0.394 e. The predicted octanol–water partition coefficient (Wildman–Crippen LogP) is -6.93. The summed E-state index contributed by atoms with van der Waals surface area (Å²) >= 11 is 0. The van der Waals surface area contributed by atoms with Gasteiger partial charge >= 0.3 is 0 Å². The van der Waals surface area contributed by atoms with Crippen molar-refractivity contribution in [2.24, 2.45) is 0 Å². The molecule has 3 rings (SSSR count). The summed E-state index contributed by atoms with van der Waals surface area (Å²) in [4.78, 5) is 0. The van der Waals surface area contributed by atoms with E-state index in [-0.39, 0.29) is 0 Å². The van der Waals surface area contributed by atoms with Crippen LogP contribution in [-0.4, -0.2) is 157 Å². The third-order valence-electron chi connectivity index (χ3n) is 5.90. The fraction of sp³-hybridized carbons (Fsp3) is 1.00. The molecule has 188 valence electrons. The molecule has 3 aliphatic heterocycles. The molecule has 3 heterocycles. The summed E-state index contributed by atoms with van der Waals surface area (Å²) in [7, 11) is 0. The van der Waals surface area contributed by atoms with Gasteiger partial charge in [-0.15, -0.1) is 0 Å². The van der Waals surface area contributed by atoms with Crippen molar-refractivity contribution in [2.75, 3.05) is 33.0 Å². The zero-order chi connectivity index (χ0) is 23.8. The summed E-state index contributed by atoms with van der Waals surface area (Å²) in [6, 6.07) is 0. The van der Waals surface area contributed by atoms with Gasteiger partial charge in [0.05, 0.1) is 19.8 Å². The van der Waals surface area contributed by atoms with Crippen LogP contribution in [0.2, 0.25) is 0 Å². The number of ether oxygens (including phenoxy) is 5. The van der Waals surface area contributed by atoms with Crippen LogP contribution in [0.15, 0.2) is 0 Å². The van der Waals surface area contributed by atoms with Crippen LogP contribution in [0.4, 0.5) is 0 Å². The highest BCUT2D eigenvalue weighted by molar-refractivity contribution is 4.99. The van der Waals surface area contributed by atoms with Crippen molar-refractivity contribution in [1.29, 1.82) is 0 Å². The molecule has 32 heavy (non-hydrogen) atoms. The van der Waals surface area contributed by atoms with Gasteiger partial charge in [0.2, 0.25) is 11.6 Å². The first-order valence-electron chi connectivity index (χ1n) is 9.94. The minimum atomic E-state index is -2.30. The van der Waals surface area contributed by atoms with Crippen LogP contribution in [0.3, 0.4) is 0 Å². The van der Waals surface area contributed by atoms with E-state index in [2.05, 4.69) is 0 Å². The SMILES string of the molecule is OCC1O[C@H](O[C@]2(CO[C@]3(CO)O[C@H](CO)C(O)C3O)OCC(O)C2O)C(O)C(O)[C@@H]1O. The van der Waals surface area contributed by atoms with E-state index in [0.717, 1.165) is 0 Å². The highest BCUT2D eigenvalue weighted by Crippen LogP contribution is 2.38. The van der Waals surface area contributed by atoms with E-state index in [9.17, 15) is 51.1 Å². The highest BCUT2D eigenvalue weighted by Gasteiger charge is 2.60. The van der Waals surface area contributed by atoms with Crippen LogP contribution in [0.25, 0.3) is 0 Å². The van der Waals surface area contributed by atoms with E-state index >= 15 is 0 Å². The van der Waals surface area contributed by atoms with Crippen molar-refractivity contribution in [3.8, 4) is 0 Å². The maximum atomic E-state index is 10.5. The largest absolute Gasteiger partial charge is 0.394 e. The molecule has 0 bridgehead atoms. The number of aliphatic hydroxyl groups is 10. The second kappa shape index (κ2) is 9.95. The van der Waals surface area contributed by atoms with Crippen LogP contribution in [0.5, 0.6) is 0 Å². The number of rotatable bonds is 8. The van der Waals surface area contributed by atoms with Gasteiger partial charge < -0.3 is 74.7 Å². The van der Waals surface area contributed by atoms with Gasteiger partial charge in [-0.1, -0.05) is 0 Å². The molecule has 12 atom stereocenters. The Labute approximate surface area is 181 Å². The zero-order valence-electron chi connectivity index (χ0n) is 16.8. The van der Waals surface area contributed by atoms with Gasteiger partial charge in [-0.3, -0.25) is 0 Å². The van der Waals surface area contributed by atoms with Crippen molar-refractivity contribution in [1.82, 2.24) is 0 Å². The van der Waals surface area contributed by atoms with Gasteiger partial charge in [0.25, 0.3) is 0 Å². The smallest absolute Gasteiger partial charge is 0.224 e. The minimum absolute atomic E-state index is 0.473. The van der Waals surface area contributed by atoms with Crippen molar-refractivity contribution in [3.05, 3.63) is 0 Å². The van der Waals surface area contributed by atoms with E-state index in [4.69, 9.17) is 23.7 Å². The van der Waals surface area contributed by atoms with Crippen molar-refractivity contribution >= 4 is 0 Å². The molecule has 0 aromatic rings. The summed E-state index contributed by atoms with van der Waals surface area (Å²) in [5.41, 5.74) is 0. The molecule has 3 saturated heterocycles. The second-order valence-corrected chi connectivity index (χ2v) is 7.98. The van der Waals surface area contributed by atoms with Crippen molar-refractivity contribution in [2.45, 2.75) is 72.8 Å². The Hall–Kier alpha value is -0.600. The van der Waals surface area contributed by atoms with Crippen LogP contribution < -0.4 is 0 Å². The van der Waals surface area contributed by atoms with Gasteiger partial charge in [0, 0.05) is 0 Å². The van der Waals surface area contributed by atoms with Crippen LogP contribution >= 0.6 is 0 Å². The Morgan fingerprint density at radius 2 is 1.41 bits per heavy atom. The number of hydrogen-bond acceptors (Lipinski definition) is 15. The molecule has 10 N–H and O–H groups in total. The number of aliphatic hydroxyl groups excluding tert-OH is 10. The molecule has 0 amide bonds. The summed E-state index contributed by atoms with van der Waals surface area (Å²) in [6.07, 6.45) is -16.6. The molecule has 15 heteroatoms. The van der Waals surface area contributed by atoms with E-state index in [1.807, 2.05) is 0 Å². The summed E-state index contributed by atoms with van der Waals surface area (Å²) in [6.45, 7) is -3.82. The maximum Gasteiger partial charge on any atom is 0.224 e. The molecule has 0 saturated carbocycles. The highest BCUT2D eigenvalue weighted by atomic mass is 16.8. The average Bonchev–Trinajstić information content (AvgIpc) is 3.21. The fourth-order valence-corrected chi connectivity index (χ4v) is 3.85. The third kappa shape index (κ3) is 4.40. The van der Waals surface area contributed by atoms with Gasteiger partial charge in [0.1, 0.15) is 68.1 Å². The van der Waals surface area contributed by atoms with Crippen LogP contribution in [0.1, 0.15) is 0 Å². The molecule has 0 radical (unpaired) electrons. The normalized spacial score (nSPS) is 51.9. The molecule has 3 aliphatic rings. The van der Waals surface area contributed by atoms with E-state index in [1.54, 1.807) is 0 Å². The molecular formula is C17H30O15. The topological polar surface area (TPSA) is 248 Å². The molecular weight excluding hydrogens is 444 g/mol. The van der Waals surface area contributed by atoms with Crippen molar-refractivity contribution in [3.63, 3.8) is 0 Å². The third-order valence-corrected chi connectivity index (χ3v) is 5.90. The van der Waals surface area contributed by atoms with E-state index in [0.29, 0.717) is 0 Å². The molecule has 0 aliphatic carbocycles. The quantitative estimate of drug-likeness (QED) is 0.157. The Bertz CT molecular complexity index is 623. The van der Waals surface area contributed by atoms with Gasteiger partial charge in [-0.25, -0.2) is 0 Å². The zero-order valence-corrected chi connectivity index (χ0v) is 16.8. The standard InChI is InChI=1S/C17H30O15/c18-1-7-9(22)11(24)12(25)15(30-7)32-17(13(26)6(21)3-28-17)5-29-16(4-20)14(27)10(23)8(2-19)31-16/h6-15,18-27H,1-5H2/t6?,7?,8-,9-,10?,11?,12?,13?,14?,15-,16-,17+/m1/s1. The fourth-order valence-electron chi connectivity index (χ4n) is 3.85.